The summed E-state index contributed by atoms with van der Waals surface area (Å²) in [5.74, 6) is 0.906. The number of thiazole rings is 1. The second kappa shape index (κ2) is 11.1. The summed E-state index contributed by atoms with van der Waals surface area (Å²) in [4.78, 5) is 35.9. The molecule has 0 unspecified atom stereocenters. The first-order valence-electron chi connectivity index (χ1n) is 12.9. The second-order valence-corrected chi connectivity index (χ2v) is 12.1. The fourth-order valence-electron chi connectivity index (χ4n) is 5.05. The van der Waals surface area contributed by atoms with Gasteiger partial charge >= 0.3 is 5.97 Å². The summed E-state index contributed by atoms with van der Waals surface area (Å²) in [7, 11) is 0. The van der Waals surface area contributed by atoms with E-state index in [9.17, 15) is 9.59 Å². The molecule has 10 heteroatoms. The molecule has 0 spiro atoms. The van der Waals surface area contributed by atoms with Crippen molar-refractivity contribution in [2.75, 3.05) is 24.6 Å². The Morgan fingerprint density at radius 1 is 1.18 bits per heavy atom. The molecule has 0 saturated carbocycles. The highest BCUT2D eigenvalue weighted by atomic mass is 79.9. The van der Waals surface area contributed by atoms with E-state index < -0.39 is 12.0 Å². The summed E-state index contributed by atoms with van der Waals surface area (Å²) in [5, 5.41) is 1.94. The van der Waals surface area contributed by atoms with Gasteiger partial charge in [-0.3, -0.25) is 9.36 Å². The van der Waals surface area contributed by atoms with Gasteiger partial charge in [-0.15, -0.1) is 11.3 Å². The number of thiophene rings is 1. The molecule has 0 amide bonds. The van der Waals surface area contributed by atoms with Gasteiger partial charge in [0.05, 0.1) is 26.9 Å². The molecule has 2 aliphatic heterocycles. The molecule has 0 N–H and O–H groups in total. The highest BCUT2D eigenvalue weighted by Gasteiger charge is 2.35. The lowest BCUT2D eigenvalue weighted by molar-refractivity contribution is -0.138. The van der Waals surface area contributed by atoms with Crippen molar-refractivity contribution in [2.24, 2.45) is 4.99 Å². The number of benzene rings is 1. The number of carbonyl (C=O) groups is 1. The number of ether oxygens (including phenoxy) is 1. The number of furan rings is 1. The third-order valence-electron chi connectivity index (χ3n) is 6.79. The van der Waals surface area contributed by atoms with Crippen molar-refractivity contribution in [1.29, 1.82) is 0 Å². The van der Waals surface area contributed by atoms with Crippen molar-refractivity contribution in [3.63, 3.8) is 0 Å². The van der Waals surface area contributed by atoms with Crippen LogP contribution in [0.1, 0.15) is 48.4 Å². The molecule has 3 aromatic heterocycles. The smallest absolute Gasteiger partial charge is 0.338 e. The zero-order valence-electron chi connectivity index (χ0n) is 21.3. The average Bonchev–Trinajstić information content (AvgIpc) is 3.69. The molecule has 1 aromatic carbocycles. The highest BCUT2D eigenvalue weighted by Crippen LogP contribution is 2.37. The molecule has 1 atom stereocenters. The number of piperidine rings is 1. The van der Waals surface area contributed by atoms with Crippen molar-refractivity contribution in [1.82, 2.24) is 4.57 Å². The fourth-order valence-corrected chi connectivity index (χ4v) is 7.41. The number of halogens is 1. The third-order valence-corrected chi connectivity index (χ3v) is 9.27. The molecule has 200 valence electrons. The van der Waals surface area contributed by atoms with Crippen LogP contribution in [0.3, 0.4) is 0 Å². The monoisotopic (exact) mass is 623 g/mol. The third kappa shape index (κ3) is 4.97. The van der Waals surface area contributed by atoms with E-state index in [2.05, 4.69) is 20.8 Å². The number of carbonyl (C=O) groups excluding carboxylic acids is 1. The maximum absolute atomic E-state index is 13.9. The molecule has 0 aliphatic carbocycles. The minimum absolute atomic E-state index is 0.221. The molecule has 39 heavy (non-hydrogen) atoms. The van der Waals surface area contributed by atoms with Gasteiger partial charge in [-0.05, 0) is 53.6 Å². The normalized spacial score (nSPS) is 17.7. The standard InChI is InChI=1S/C29H26BrN3O4S2/c1-2-36-28(35)23-24(18-10-5-3-6-11-18)31-29-33(25(23)21-12-9-15-38-21)26(34)22(39-29)17-19-16-20(30)27(37-19)32-13-7-4-8-14-32/h3,5-6,9-12,15-17,25H,2,4,7-8,13-14H2,1H3/b22-17+/t25-/m1/s1. The summed E-state index contributed by atoms with van der Waals surface area (Å²) < 4.78 is 14.7. The average molecular weight is 625 g/mol. The summed E-state index contributed by atoms with van der Waals surface area (Å²) in [6.45, 7) is 3.90. The predicted octanol–water partition coefficient (Wildman–Crippen LogP) is 5.34. The van der Waals surface area contributed by atoms with Gasteiger partial charge in [-0.2, -0.15) is 0 Å². The summed E-state index contributed by atoms with van der Waals surface area (Å²) in [5.41, 5.74) is 1.45. The molecule has 1 fully saturated rings. The van der Waals surface area contributed by atoms with Crippen LogP contribution >= 0.6 is 38.6 Å². The van der Waals surface area contributed by atoms with Crippen LogP contribution in [0.4, 0.5) is 5.88 Å². The van der Waals surface area contributed by atoms with Crippen LogP contribution in [0.2, 0.25) is 0 Å². The minimum atomic E-state index is -0.648. The van der Waals surface area contributed by atoms with E-state index in [0.717, 1.165) is 46.7 Å². The lowest BCUT2D eigenvalue weighted by atomic mass is 9.97. The van der Waals surface area contributed by atoms with Crippen molar-refractivity contribution >= 4 is 62.2 Å². The Morgan fingerprint density at radius 3 is 2.69 bits per heavy atom. The van der Waals surface area contributed by atoms with Gasteiger partial charge in [0.25, 0.3) is 5.56 Å². The van der Waals surface area contributed by atoms with E-state index >= 15 is 0 Å². The Labute approximate surface area is 241 Å². The van der Waals surface area contributed by atoms with Crippen LogP contribution in [0.15, 0.2) is 78.2 Å². The lowest BCUT2D eigenvalue weighted by Gasteiger charge is -2.26. The Balaban J connectivity index is 1.53. The number of nitrogens with zero attached hydrogens (tertiary/aromatic N) is 3. The van der Waals surface area contributed by atoms with Crippen molar-refractivity contribution in [3.8, 4) is 0 Å². The summed E-state index contributed by atoms with van der Waals surface area (Å²) >= 11 is 6.42. The van der Waals surface area contributed by atoms with E-state index in [0.29, 0.717) is 26.4 Å². The van der Waals surface area contributed by atoms with Crippen LogP contribution < -0.4 is 19.8 Å². The summed E-state index contributed by atoms with van der Waals surface area (Å²) in [6.07, 6.45) is 5.27. The number of aromatic nitrogens is 1. The van der Waals surface area contributed by atoms with Crippen molar-refractivity contribution in [3.05, 3.63) is 99.8 Å². The van der Waals surface area contributed by atoms with Gasteiger partial charge in [-0.1, -0.05) is 47.7 Å². The highest BCUT2D eigenvalue weighted by molar-refractivity contribution is 9.10. The molecule has 5 heterocycles. The topological polar surface area (TPSA) is 77.0 Å². The number of hydrogen-bond acceptors (Lipinski definition) is 8. The van der Waals surface area contributed by atoms with Crippen LogP contribution in [-0.4, -0.2) is 30.2 Å². The first kappa shape index (κ1) is 26.0. The lowest BCUT2D eigenvalue weighted by Crippen LogP contribution is -2.39. The van der Waals surface area contributed by atoms with E-state index in [1.54, 1.807) is 17.6 Å². The van der Waals surface area contributed by atoms with Crippen LogP contribution in [0.5, 0.6) is 0 Å². The Hall–Kier alpha value is -3.21. The summed E-state index contributed by atoms with van der Waals surface area (Å²) in [6, 6.07) is 14.7. The Kier molecular flexibility index (Phi) is 7.42. The van der Waals surface area contributed by atoms with Gasteiger partial charge < -0.3 is 14.1 Å². The zero-order valence-corrected chi connectivity index (χ0v) is 24.5. The quantitative estimate of drug-likeness (QED) is 0.271. The molecule has 0 radical (unpaired) electrons. The SMILES string of the molecule is CCOC(=O)C1=C(c2ccccc2)N=c2s/c(=C/c3cc(Br)c(N4CCCCC4)o3)c(=O)n2[C@@H]1c1cccs1. The number of anilines is 1. The Bertz CT molecular complexity index is 1710. The first-order chi connectivity index (χ1) is 19.0. The molecule has 1 saturated heterocycles. The molecule has 7 nitrogen and oxygen atoms in total. The van der Waals surface area contributed by atoms with Crippen molar-refractivity contribution < 1.29 is 13.9 Å². The van der Waals surface area contributed by atoms with Gasteiger partial charge in [0.1, 0.15) is 11.8 Å². The van der Waals surface area contributed by atoms with Gasteiger partial charge in [-0.25, -0.2) is 9.79 Å². The van der Waals surface area contributed by atoms with E-state index in [1.165, 1.54) is 29.1 Å². The largest absolute Gasteiger partial charge is 0.463 e. The predicted molar refractivity (Wildman–Crippen MR) is 158 cm³/mol. The zero-order chi connectivity index (χ0) is 26.9. The van der Waals surface area contributed by atoms with Gasteiger partial charge in [0.15, 0.2) is 4.80 Å². The number of fused-ring (bicyclic) bond motifs is 1. The second-order valence-electron chi connectivity index (χ2n) is 9.30. The number of esters is 1. The van der Waals surface area contributed by atoms with E-state index in [1.807, 2.05) is 53.9 Å². The first-order valence-corrected chi connectivity index (χ1v) is 15.4. The maximum Gasteiger partial charge on any atom is 0.338 e. The molecule has 0 bridgehead atoms. The van der Waals surface area contributed by atoms with E-state index in [-0.39, 0.29) is 12.2 Å². The minimum Gasteiger partial charge on any atom is -0.463 e. The van der Waals surface area contributed by atoms with Gasteiger partial charge in [0, 0.05) is 35.7 Å². The molecule has 2 aliphatic rings. The van der Waals surface area contributed by atoms with Crippen LogP contribution in [0.25, 0.3) is 11.8 Å². The molecular weight excluding hydrogens is 598 g/mol. The molecular formula is C29H26BrN3O4S2. The fraction of sp³-hybridized carbons (Fsp3) is 0.276. The molecule has 4 aromatic rings. The van der Waals surface area contributed by atoms with Gasteiger partial charge in [0.2, 0.25) is 5.88 Å². The number of hydrogen-bond donors (Lipinski definition) is 0. The maximum atomic E-state index is 13.9. The van der Waals surface area contributed by atoms with E-state index in [4.69, 9.17) is 14.1 Å². The Morgan fingerprint density at radius 2 is 1.97 bits per heavy atom. The van der Waals surface area contributed by atoms with Crippen molar-refractivity contribution in [2.45, 2.75) is 32.2 Å². The number of rotatable bonds is 6. The van der Waals surface area contributed by atoms with Crippen LogP contribution in [-0.2, 0) is 9.53 Å². The molecule has 6 rings (SSSR count). The van der Waals surface area contributed by atoms with Crippen LogP contribution in [0, 0.1) is 0 Å².